The largest absolute Gasteiger partial charge is 0.424 e. The Labute approximate surface area is 167 Å². The van der Waals surface area contributed by atoms with Gasteiger partial charge in [-0.05, 0) is 38.1 Å². The SMILES string of the molecule is CC(=O)NC(C)(C)c1c(F)c(-c2ccc(F)cc2)nc([C@@](O)(CN)C(F)(F)F)c1F. The number of nitrogens with two attached hydrogens (primary N) is 1. The Morgan fingerprint density at radius 3 is 2.07 bits per heavy atom. The van der Waals surface area contributed by atoms with Gasteiger partial charge in [-0.15, -0.1) is 0 Å². The van der Waals surface area contributed by atoms with Crippen molar-refractivity contribution in [1.82, 2.24) is 10.3 Å². The van der Waals surface area contributed by atoms with Gasteiger partial charge >= 0.3 is 6.18 Å². The molecule has 2 aromatic rings. The van der Waals surface area contributed by atoms with Gasteiger partial charge in [0.1, 0.15) is 17.2 Å². The number of carbonyl (C=O) groups excluding carboxylic acids is 1. The maximum absolute atomic E-state index is 15.3. The first-order valence-corrected chi connectivity index (χ1v) is 8.59. The fourth-order valence-corrected chi connectivity index (χ4v) is 3.01. The molecular weight excluding hydrogens is 416 g/mol. The van der Waals surface area contributed by atoms with E-state index in [1.807, 2.05) is 0 Å². The summed E-state index contributed by atoms with van der Waals surface area (Å²) in [4.78, 5) is 14.9. The topological polar surface area (TPSA) is 88.2 Å². The molecule has 0 aliphatic carbocycles. The first-order chi connectivity index (χ1) is 13.7. The van der Waals surface area contributed by atoms with Crippen molar-refractivity contribution in [2.75, 3.05) is 6.54 Å². The number of halogens is 6. The lowest BCUT2D eigenvalue weighted by Gasteiger charge is -2.33. The van der Waals surface area contributed by atoms with Gasteiger partial charge < -0.3 is 16.2 Å². The lowest BCUT2D eigenvalue weighted by Crippen LogP contribution is -2.50. The molecule has 5 nitrogen and oxygen atoms in total. The van der Waals surface area contributed by atoms with Gasteiger partial charge in [0, 0.05) is 19.0 Å². The number of rotatable bonds is 5. The van der Waals surface area contributed by atoms with Gasteiger partial charge in [-0.2, -0.15) is 13.2 Å². The van der Waals surface area contributed by atoms with E-state index in [4.69, 9.17) is 5.73 Å². The maximum atomic E-state index is 15.3. The summed E-state index contributed by atoms with van der Waals surface area (Å²) in [5, 5.41) is 12.4. The van der Waals surface area contributed by atoms with Crippen molar-refractivity contribution in [2.45, 2.75) is 38.1 Å². The fraction of sp³-hybridized carbons (Fsp3) is 0.368. The van der Waals surface area contributed by atoms with E-state index in [1.54, 1.807) is 0 Å². The summed E-state index contributed by atoms with van der Waals surface area (Å²) in [6.07, 6.45) is -5.46. The van der Waals surface area contributed by atoms with Gasteiger partial charge in [0.15, 0.2) is 11.6 Å². The molecule has 0 radical (unpaired) electrons. The van der Waals surface area contributed by atoms with Crippen LogP contribution in [0.2, 0.25) is 0 Å². The Morgan fingerprint density at radius 1 is 1.10 bits per heavy atom. The van der Waals surface area contributed by atoms with E-state index in [0.717, 1.165) is 45.0 Å². The summed E-state index contributed by atoms with van der Waals surface area (Å²) in [6.45, 7) is 1.85. The Kier molecular flexibility index (Phi) is 6.20. The molecule has 0 aliphatic rings. The van der Waals surface area contributed by atoms with Crippen molar-refractivity contribution < 1.29 is 36.2 Å². The number of alkyl halides is 3. The molecule has 0 unspecified atom stereocenters. The fourth-order valence-electron chi connectivity index (χ4n) is 3.01. The van der Waals surface area contributed by atoms with Crippen LogP contribution in [0.1, 0.15) is 32.0 Å². The number of nitrogens with one attached hydrogen (secondary N) is 1. The predicted octanol–water partition coefficient (Wildman–Crippen LogP) is 3.25. The molecule has 1 aromatic carbocycles. The van der Waals surface area contributed by atoms with E-state index in [2.05, 4.69) is 10.3 Å². The molecule has 164 valence electrons. The standard InChI is InChI=1S/C19H19F6N3O2/c1-9(29)28-17(2,3)12-13(21)15(10-4-6-11(20)7-5-10)27-16(14(12)22)18(30,8-26)19(23,24)25/h4-7,30H,8,26H2,1-3H3,(H,28,29)/t18-/m0/s1. The van der Waals surface area contributed by atoms with Crippen molar-refractivity contribution in [3.63, 3.8) is 0 Å². The Bertz CT molecular complexity index is 960. The highest BCUT2D eigenvalue weighted by molar-refractivity contribution is 5.74. The van der Waals surface area contributed by atoms with E-state index in [1.165, 1.54) is 0 Å². The van der Waals surface area contributed by atoms with Crippen LogP contribution in [0.25, 0.3) is 11.3 Å². The van der Waals surface area contributed by atoms with Gasteiger partial charge in [0.25, 0.3) is 0 Å². The van der Waals surface area contributed by atoms with Gasteiger partial charge in [0.2, 0.25) is 11.5 Å². The predicted molar refractivity (Wildman–Crippen MR) is 95.4 cm³/mol. The Hall–Kier alpha value is -2.66. The van der Waals surface area contributed by atoms with Crippen LogP contribution in [0, 0.1) is 17.5 Å². The molecule has 1 amide bonds. The second kappa shape index (κ2) is 7.88. The molecule has 0 spiro atoms. The zero-order valence-electron chi connectivity index (χ0n) is 16.2. The number of amides is 1. The number of benzene rings is 1. The monoisotopic (exact) mass is 435 g/mol. The van der Waals surface area contributed by atoms with E-state index in [-0.39, 0.29) is 5.56 Å². The third kappa shape index (κ3) is 4.12. The molecule has 0 saturated heterocycles. The second-order valence-corrected chi connectivity index (χ2v) is 7.19. The van der Waals surface area contributed by atoms with E-state index >= 15 is 8.78 Å². The highest BCUT2D eigenvalue weighted by Gasteiger charge is 2.57. The van der Waals surface area contributed by atoms with Crippen molar-refractivity contribution in [2.24, 2.45) is 5.73 Å². The second-order valence-electron chi connectivity index (χ2n) is 7.19. The molecule has 1 aromatic heterocycles. The molecule has 1 atom stereocenters. The van der Waals surface area contributed by atoms with Crippen LogP contribution in [-0.4, -0.2) is 28.7 Å². The number of aromatic nitrogens is 1. The lowest BCUT2D eigenvalue weighted by molar-refractivity contribution is -0.264. The Morgan fingerprint density at radius 2 is 1.63 bits per heavy atom. The molecule has 2 rings (SSSR count). The number of pyridine rings is 1. The highest BCUT2D eigenvalue weighted by atomic mass is 19.4. The molecule has 4 N–H and O–H groups in total. The summed E-state index contributed by atoms with van der Waals surface area (Å²) in [5.74, 6) is -4.63. The van der Waals surface area contributed by atoms with Crippen molar-refractivity contribution >= 4 is 5.91 Å². The molecule has 0 aliphatic heterocycles. The minimum absolute atomic E-state index is 0.184. The zero-order valence-corrected chi connectivity index (χ0v) is 16.2. The smallest absolute Gasteiger partial charge is 0.374 e. The minimum atomic E-state index is -5.46. The van der Waals surface area contributed by atoms with Crippen LogP contribution >= 0.6 is 0 Å². The number of hydrogen-bond donors (Lipinski definition) is 3. The number of hydrogen-bond acceptors (Lipinski definition) is 4. The van der Waals surface area contributed by atoms with Crippen LogP contribution in [0.3, 0.4) is 0 Å². The first-order valence-electron chi connectivity index (χ1n) is 8.59. The summed E-state index contributed by atoms with van der Waals surface area (Å²) < 4.78 is 84.4. The van der Waals surface area contributed by atoms with E-state index < -0.39 is 64.2 Å². The number of aliphatic hydroxyl groups is 1. The van der Waals surface area contributed by atoms with Crippen LogP contribution < -0.4 is 11.1 Å². The molecular formula is C19H19F6N3O2. The number of nitrogens with zero attached hydrogens (tertiary/aromatic N) is 1. The van der Waals surface area contributed by atoms with Crippen LogP contribution in [0.5, 0.6) is 0 Å². The molecule has 11 heteroatoms. The maximum Gasteiger partial charge on any atom is 0.424 e. The minimum Gasteiger partial charge on any atom is -0.374 e. The van der Waals surface area contributed by atoms with E-state index in [0.29, 0.717) is 0 Å². The van der Waals surface area contributed by atoms with Crippen LogP contribution in [0.15, 0.2) is 24.3 Å². The van der Waals surface area contributed by atoms with Crippen LogP contribution in [-0.2, 0) is 15.9 Å². The third-order valence-electron chi connectivity index (χ3n) is 4.47. The molecule has 0 fully saturated rings. The number of carbonyl (C=O) groups is 1. The van der Waals surface area contributed by atoms with Gasteiger partial charge in [0.05, 0.1) is 11.1 Å². The van der Waals surface area contributed by atoms with Gasteiger partial charge in [-0.1, -0.05) is 0 Å². The van der Waals surface area contributed by atoms with Crippen molar-refractivity contribution in [3.8, 4) is 11.3 Å². The zero-order chi connectivity index (χ0) is 23.1. The molecule has 0 saturated carbocycles. The quantitative estimate of drug-likeness (QED) is 0.630. The van der Waals surface area contributed by atoms with Crippen molar-refractivity contribution in [3.05, 3.63) is 53.0 Å². The summed E-state index contributed by atoms with van der Waals surface area (Å²) in [5.41, 5.74) is -4.20. The Balaban J connectivity index is 2.97. The van der Waals surface area contributed by atoms with E-state index in [9.17, 15) is 27.5 Å². The summed E-state index contributed by atoms with van der Waals surface area (Å²) in [7, 11) is 0. The van der Waals surface area contributed by atoms with Crippen molar-refractivity contribution in [1.29, 1.82) is 0 Å². The average molecular weight is 435 g/mol. The molecule has 30 heavy (non-hydrogen) atoms. The lowest BCUT2D eigenvalue weighted by atomic mass is 9.87. The highest BCUT2D eigenvalue weighted by Crippen LogP contribution is 2.42. The van der Waals surface area contributed by atoms with Gasteiger partial charge in [-0.3, -0.25) is 4.79 Å². The van der Waals surface area contributed by atoms with Gasteiger partial charge in [-0.25, -0.2) is 18.2 Å². The summed E-state index contributed by atoms with van der Waals surface area (Å²) >= 11 is 0. The van der Waals surface area contributed by atoms with Crippen LogP contribution in [0.4, 0.5) is 26.3 Å². The normalized spacial score (nSPS) is 14.4. The third-order valence-corrected chi connectivity index (χ3v) is 4.47. The molecule has 0 bridgehead atoms. The first kappa shape index (κ1) is 23.6. The summed E-state index contributed by atoms with van der Waals surface area (Å²) in [6, 6.07) is 3.84. The average Bonchev–Trinajstić information content (AvgIpc) is 2.60. The molecule has 1 heterocycles.